The molecule has 1 unspecified atom stereocenters. The highest BCUT2D eigenvalue weighted by Gasteiger charge is 2.24. The number of pyridine rings is 1. The van der Waals surface area contributed by atoms with Gasteiger partial charge in [-0.1, -0.05) is 6.92 Å². The monoisotopic (exact) mass is 266 g/mol. The largest absolute Gasteiger partial charge is 0.376 e. The Hall–Kier alpha value is -1.49. The maximum absolute atomic E-state index is 12.7. The molecule has 1 aromatic heterocycles. The second kappa shape index (κ2) is 6.61. The van der Waals surface area contributed by atoms with Gasteiger partial charge in [0.05, 0.1) is 11.7 Å². The van der Waals surface area contributed by atoms with Crippen molar-refractivity contribution in [3.8, 4) is 0 Å². The van der Waals surface area contributed by atoms with Gasteiger partial charge in [0.15, 0.2) is 0 Å². The van der Waals surface area contributed by atoms with Gasteiger partial charge in [-0.2, -0.15) is 4.39 Å². The number of likely N-dealkylation sites (tertiary alicyclic amines) is 1. The summed E-state index contributed by atoms with van der Waals surface area (Å²) >= 11 is 0. The van der Waals surface area contributed by atoms with Crippen LogP contribution < -0.4 is 0 Å². The van der Waals surface area contributed by atoms with Crippen LogP contribution in [0.3, 0.4) is 0 Å². The highest BCUT2D eigenvalue weighted by molar-refractivity contribution is 5.93. The highest BCUT2D eigenvalue weighted by Crippen LogP contribution is 2.16. The summed E-state index contributed by atoms with van der Waals surface area (Å²) in [5.41, 5.74) is 0.428. The van der Waals surface area contributed by atoms with E-state index in [-0.39, 0.29) is 12.0 Å². The summed E-state index contributed by atoms with van der Waals surface area (Å²) in [6.07, 6.45) is 4.31. The first-order chi connectivity index (χ1) is 9.20. The van der Waals surface area contributed by atoms with Crippen molar-refractivity contribution in [1.29, 1.82) is 0 Å². The van der Waals surface area contributed by atoms with Crippen LogP contribution in [0.5, 0.6) is 0 Å². The molecule has 2 heterocycles. The van der Waals surface area contributed by atoms with Crippen molar-refractivity contribution >= 4 is 5.91 Å². The summed E-state index contributed by atoms with van der Waals surface area (Å²) in [5, 5.41) is 0. The van der Waals surface area contributed by atoms with Crippen LogP contribution in [0.15, 0.2) is 18.3 Å². The van der Waals surface area contributed by atoms with Gasteiger partial charge >= 0.3 is 0 Å². The molecule has 0 saturated carbocycles. The summed E-state index contributed by atoms with van der Waals surface area (Å²) in [7, 11) is 0. The van der Waals surface area contributed by atoms with Gasteiger partial charge in [0.1, 0.15) is 0 Å². The van der Waals surface area contributed by atoms with Crippen LogP contribution in [-0.4, -0.2) is 41.6 Å². The first kappa shape index (κ1) is 13.9. The normalized spacial score (nSPS) is 19.5. The lowest BCUT2D eigenvalue weighted by Crippen LogP contribution is -2.43. The number of carbonyl (C=O) groups is 1. The smallest absolute Gasteiger partial charge is 0.255 e. The molecule has 2 rings (SSSR count). The van der Waals surface area contributed by atoms with Crippen LogP contribution in [0.25, 0.3) is 0 Å². The fourth-order valence-corrected chi connectivity index (χ4v) is 2.23. The van der Waals surface area contributed by atoms with Crippen molar-refractivity contribution in [2.24, 2.45) is 0 Å². The van der Waals surface area contributed by atoms with E-state index in [1.54, 1.807) is 4.90 Å². The summed E-state index contributed by atoms with van der Waals surface area (Å²) in [5.74, 6) is -0.670. The topological polar surface area (TPSA) is 42.4 Å². The molecule has 1 saturated heterocycles. The molecule has 5 heteroatoms. The number of aromatic nitrogens is 1. The van der Waals surface area contributed by atoms with Crippen molar-refractivity contribution in [2.75, 3.05) is 19.7 Å². The van der Waals surface area contributed by atoms with Crippen LogP contribution in [0, 0.1) is 5.95 Å². The van der Waals surface area contributed by atoms with Gasteiger partial charge in [-0.25, -0.2) is 4.98 Å². The first-order valence-corrected chi connectivity index (χ1v) is 6.73. The molecule has 0 N–H and O–H groups in total. The molecule has 0 aromatic carbocycles. The Balaban J connectivity index is 1.96. The number of piperidine rings is 1. The number of nitrogens with zero attached hydrogens (tertiary/aromatic N) is 2. The van der Waals surface area contributed by atoms with Crippen molar-refractivity contribution < 1.29 is 13.9 Å². The molecule has 1 aromatic rings. The van der Waals surface area contributed by atoms with Crippen LogP contribution in [0.1, 0.15) is 36.5 Å². The molecule has 104 valence electrons. The standard InChI is InChI=1S/C14H19FN2O2/c1-2-8-19-12-4-3-7-17(10-12)14(18)11-5-6-13(15)16-9-11/h5-6,9,12H,2-4,7-8,10H2,1H3. The highest BCUT2D eigenvalue weighted by atomic mass is 19.1. The quantitative estimate of drug-likeness (QED) is 0.785. The van der Waals surface area contributed by atoms with E-state index in [0.29, 0.717) is 12.1 Å². The van der Waals surface area contributed by atoms with Gasteiger partial charge in [-0.3, -0.25) is 4.79 Å². The van der Waals surface area contributed by atoms with E-state index < -0.39 is 5.95 Å². The zero-order valence-electron chi connectivity index (χ0n) is 11.1. The van der Waals surface area contributed by atoms with E-state index in [1.165, 1.54) is 18.3 Å². The molecule has 19 heavy (non-hydrogen) atoms. The van der Waals surface area contributed by atoms with E-state index in [2.05, 4.69) is 11.9 Å². The molecule has 0 bridgehead atoms. The third-order valence-electron chi connectivity index (χ3n) is 3.20. The number of ether oxygens (including phenoxy) is 1. The molecule has 0 radical (unpaired) electrons. The minimum Gasteiger partial charge on any atom is -0.376 e. The Morgan fingerprint density at radius 1 is 1.58 bits per heavy atom. The average molecular weight is 266 g/mol. The first-order valence-electron chi connectivity index (χ1n) is 6.73. The Morgan fingerprint density at radius 3 is 3.11 bits per heavy atom. The molecule has 1 aliphatic rings. The maximum Gasteiger partial charge on any atom is 0.255 e. The summed E-state index contributed by atoms with van der Waals surface area (Å²) in [6, 6.07) is 2.68. The van der Waals surface area contributed by atoms with E-state index >= 15 is 0 Å². The second-order valence-electron chi connectivity index (χ2n) is 4.76. The molecule has 1 aliphatic heterocycles. The lowest BCUT2D eigenvalue weighted by molar-refractivity contribution is 0.00209. The van der Waals surface area contributed by atoms with Gasteiger partial charge in [-0.15, -0.1) is 0 Å². The van der Waals surface area contributed by atoms with Crippen LogP contribution >= 0.6 is 0 Å². The number of halogens is 1. The lowest BCUT2D eigenvalue weighted by atomic mass is 10.1. The number of hydrogen-bond acceptors (Lipinski definition) is 3. The Labute approximate surface area is 112 Å². The molecule has 1 atom stereocenters. The van der Waals surface area contributed by atoms with Gasteiger partial charge < -0.3 is 9.64 Å². The van der Waals surface area contributed by atoms with E-state index in [9.17, 15) is 9.18 Å². The van der Waals surface area contributed by atoms with Crippen LogP contribution in [-0.2, 0) is 4.74 Å². The van der Waals surface area contributed by atoms with Crippen LogP contribution in [0.4, 0.5) is 4.39 Å². The number of carbonyl (C=O) groups excluding carboxylic acids is 1. The predicted molar refractivity (Wildman–Crippen MR) is 69.4 cm³/mol. The number of hydrogen-bond donors (Lipinski definition) is 0. The van der Waals surface area contributed by atoms with Crippen LogP contribution in [0.2, 0.25) is 0 Å². The zero-order chi connectivity index (χ0) is 13.7. The summed E-state index contributed by atoms with van der Waals surface area (Å²) in [6.45, 7) is 4.12. The second-order valence-corrected chi connectivity index (χ2v) is 4.76. The molecule has 1 fully saturated rings. The molecular formula is C14H19FN2O2. The average Bonchev–Trinajstić information content (AvgIpc) is 2.45. The fraction of sp³-hybridized carbons (Fsp3) is 0.571. The van der Waals surface area contributed by atoms with Gasteiger partial charge in [0.25, 0.3) is 5.91 Å². The predicted octanol–water partition coefficient (Wildman–Crippen LogP) is 2.25. The SMILES string of the molecule is CCCOC1CCCN(C(=O)c2ccc(F)nc2)C1. The fourth-order valence-electron chi connectivity index (χ4n) is 2.23. The third kappa shape index (κ3) is 3.73. The van der Waals surface area contributed by atoms with Gasteiger partial charge in [0.2, 0.25) is 5.95 Å². The van der Waals surface area contributed by atoms with Crippen molar-refractivity contribution in [3.05, 3.63) is 29.8 Å². The minimum atomic E-state index is -0.570. The summed E-state index contributed by atoms with van der Waals surface area (Å²) < 4.78 is 18.4. The lowest BCUT2D eigenvalue weighted by Gasteiger charge is -2.32. The van der Waals surface area contributed by atoms with Crippen molar-refractivity contribution in [1.82, 2.24) is 9.88 Å². The van der Waals surface area contributed by atoms with E-state index in [4.69, 9.17) is 4.74 Å². The molecule has 4 nitrogen and oxygen atoms in total. The van der Waals surface area contributed by atoms with Crippen molar-refractivity contribution in [2.45, 2.75) is 32.3 Å². The molecule has 0 aliphatic carbocycles. The molecule has 1 amide bonds. The Bertz CT molecular complexity index is 422. The molecular weight excluding hydrogens is 247 g/mol. The van der Waals surface area contributed by atoms with E-state index in [0.717, 1.165) is 32.4 Å². The summed E-state index contributed by atoms with van der Waals surface area (Å²) in [4.78, 5) is 17.5. The Kier molecular flexibility index (Phi) is 4.85. The van der Waals surface area contributed by atoms with Gasteiger partial charge in [-0.05, 0) is 31.4 Å². The van der Waals surface area contributed by atoms with Crippen molar-refractivity contribution in [3.63, 3.8) is 0 Å². The number of amides is 1. The minimum absolute atomic E-state index is 0.0997. The molecule has 0 spiro atoms. The Morgan fingerprint density at radius 2 is 2.42 bits per heavy atom. The third-order valence-corrected chi connectivity index (χ3v) is 3.20. The van der Waals surface area contributed by atoms with E-state index in [1.807, 2.05) is 0 Å². The zero-order valence-corrected chi connectivity index (χ0v) is 11.1. The van der Waals surface area contributed by atoms with Gasteiger partial charge in [0, 0.05) is 25.9 Å². The number of rotatable bonds is 4. The maximum atomic E-state index is 12.7.